The summed E-state index contributed by atoms with van der Waals surface area (Å²) in [6, 6.07) is 7.99. The lowest BCUT2D eigenvalue weighted by molar-refractivity contribution is 0.0691. The molecule has 0 unspecified atom stereocenters. The van der Waals surface area contributed by atoms with Gasteiger partial charge in [-0.15, -0.1) is 0 Å². The Morgan fingerprint density at radius 1 is 1.40 bits per heavy atom. The molecule has 1 aromatic carbocycles. The molecule has 0 radical (unpaired) electrons. The molecule has 1 heterocycles. The Morgan fingerprint density at radius 3 is 2.90 bits per heavy atom. The van der Waals surface area contributed by atoms with E-state index in [1.165, 1.54) is 19.2 Å². The lowest BCUT2D eigenvalue weighted by atomic mass is 10.2. The fourth-order valence-corrected chi connectivity index (χ4v) is 1.84. The van der Waals surface area contributed by atoms with E-state index in [0.717, 1.165) is 5.56 Å². The van der Waals surface area contributed by atoms with E-state index >= 15 is 0 Å². The first-order valence-electron chi connectivity index (χ1n) is 5.75. The van der Waals surface area contributed by atoms with Crippen molar-refractivity contribution in [2.45, 2.75) is 6.61 Å². The Balaban J connectivity index is 2.21. The highest BCUT2D eigenvalue weighted by atomic mass is 35.5. The van der Waals surface area contributed by atoms with Gasteiger partial charge < -0.3 is 14.6 Å². The SMILES string of the molecule is COc1ncccc1COc1ccc(Cl)cc1C(=O)O. The van der Waals surface area contributed by atoms with E-state index in [-0.39, 0.29) is 17.9 Å². The Kier molecular flexibility index (Phi) is 4.42. The maximum atomic E-state index is 11.1. The van der Waals surface area contributed by atoms with E-state index in [9.17, 15) is 4.79 Å². The van der Waals surface area contributed by atoms with Crippen LogP contribution in [-0.2, 0) is 6.61 Å². The normalized spacial score (nSPS) is 10.1. The summed E-state index contributed by atoms with van der Waals surface area (Å²) >= 11 is 5.78. The van der Waals surface area contributed by atoms with E-state index in [1.54, 1.807) is 24.4 Å². The number of nitrogens with zero attached hydrogens (tertiary/aromatic N) is 1. The minimum atomic E-state index is -1.10. The molecule has 0 aliphatic heterocycles. The summed E-state index contributed by atoms with van der Waals surface area (Å²) in [5.41, 5.74) is 0.738. The average molecular weight is 294 g/mol. The van der Waals surface area contributed by atoms with E-state index in [2.05, 4.69) is 4.98 Å². The smallest absolute Gasteiger partial charge is 0.339 e. The fourth-order valence-electron chi connectivity index (χ4n) is 1.67. The molecule has 20 heavy (non-hydrogen) atoms. The maximum Gasteiger partial charge on any atom is 0.339 e. The molecule has 0 bridgehead atoms. The van der Waals surface area contributed by atoms with Gasteiger partial charge >= 0.3 is 5.97 Å². The summed E-state index contributed by atoms with van der Waals surface area (Å²) < 4.78 is 10.6. The molecule has 5 nitrogen and oxygen atoms in total. The Labute approximate surface area is 120 Å². The van der Waals surface area contributed by atoms with Crippen LogP contribution in [0.15, 0.2) is 36.5 Å². The van der Waals surface area contributed by atoms with Gasteiger partial charge in [0.1, 0.15) is 17.9 Å². The first-order valence-corrected chi connectivity index (χ1v) is 6.13. The van der Waals surface area contributed by atoms with E-state index in [4.69, 9.17) is 26.2 Å². The number of carboxylic acid groups (broad SMARTS) is 1. The van der Waals surface area contributed by atoms with Gasteiger partial charge in [0.2, 0.25) is 5.88 Å². The second-order valence-electron chi connectivity index (χ2n) is 3.91. The van der Waals surface area contributed by atoms with Crippen LogP contribution in [0.3, 0.4) is 0 Å². The van der Waals surface area contributed by atoms with Crippen LogP contribution in [0.1, 0.15) is 15.9 Å². The van der Waals surface area contributed by atoms with Crippen molar-refractivity contribution in [3.63, 3.8) is 0 Å². The number of carboxylic acids is 1. The van der Waals surface area contributed by atoms with Crippen molar-refractivity contribution >= 4 is 17.6 Å². The molecule has 2 aromatic rings. The molecule has 0 fully saturated rings. The zero-order chi connectivity index (χ0) is 14.5. The number of hydrogen-bond acceptors (Lipinski definition) is 4. The van der Waals surface area contributed by atoms with Gasteiger partial charge in [0.15, 0.2) is 0 Å². The molecule has 0 saturated heterocycles. The second-order valence-corrected chi connectivity index (χ2v) is 4.34. The minimum absolute atomic E-state index is 0.0142. The number of benzene rings is 1. The van der Waals surface area contributed by atoms with Crippen LogP contribution in [0.25, 0.3) is 0 Å². The first-order chi connectivity index (χ1) is 9.61. The zero-order valence-electron chi connectivity index (χ0n) is 10.7. The topological polar surface area (TPSA) is 68.7 Å². The number of methoxy groups -OCH3 is 1. The van der Waals surface area contributed by atoms with E-state index in [1.807, 2.05) is 0 Å². The third kappa shape index (κ3) is 3.19. The highest BCUT2D eigenvalue weighted by Gasteiger charge is 2.13. The molecule has 0 atom stereocenters. The van der Waals surface area contributed by atoms with Gasteiger partial charge in [0, 0.05) is 11.2 Å². The van der Waals surface area contributed by atoms with Crippen molar-refractivity contribution in [2.24, 2.45) is 0 Å². The van der Waals surface area contributed by atoms with Crippen LogP contribution in [0.4, 0.5) is 0 Å². The third-order valence-electron chi connectivity index (χ3n) is 2.60. The first kappa shape index (κ1) is 14.1. The van der Waals surface area contributed by atoms with Crippen molar-refractivity contribution in [3.05, 3.63) is 52.7 Å². The molecule has 1 aromatic heterocycles. The summed E-state index contributed by atoms with van der Waals surface area (Å²) in [5.74, 6) is -0.410. The quantitative estimate of drug-likeness (QED) is 0.917. The van der Waals surface area contributed by atoms with Crippen molar-refractivity contribution in [3.8, 4) is 11.6 Å². The van der Waals surface area contributed by atoms with Crippen LogP contribution < -0.4 is 9.47 Å². The van der Waals surface area contributed by atoms with Gasteiger partial charge in [0.25, 0.3) is 0 Å². The summed E-state index contributed by atoms with van der Waals surface area (Å²) in [4.78, 5) is 15.2. The zero-order valence-corrected chi connectivity index (χ0v) is 11.4. The Bertz CT molecular complexity index is 630. The number of aromatic nitrogens is 1. The van der Waals surface area contributed by atoms with Crippen molar-refractivity contribution < 1.29 is 19.4 Å². The Morgan fingerprint density at radius 2 is 2.20 bits per heavy atom. The van der Waals surface area contributed by atoms with Crippen molar-refractivity contribution in [1.82, 2.24) is 4.98 Å². The molecule has 2 rings (SSSR count). The molecule has 0 aliphatic rings. The van der Waals surface area contributed by atoms with Gasteiger partial charge in [-0.1, -0.05) is 11.6 Å². The largest absolute Gasteiger partial charge is 0.488 e. The summed E-state index contributed by atoms with van der Waals surface area (Å²) in [5, 5.41) is 9.45. The molecular formula is C14H12ClNO4. The van der Waals surface area contributed by atoms with Crippen molar-refractivity contribution in [1.29, 1.82) is 0 Å². The minimum Gasteiger partial charge on any atom is -0.488 e. The molecule has 0 saturated carbocycles. The standard InChI is InChI=1S/C14H12ClNO4/c1-19-13-9(3-2-6-16-13)8-20-12-5-4-10(15)7-11(12)14(17)18/h2-7H,8H2,1H3,(H,17,18). The number of hydrogen-bond donors (Lipinski definition) is 1. The number of halogens is 1. The molecule has 0 amide bonds. The molecule has 104 valence electrons. The predicted octanol–water partition coefficient (Wildman–Crippen LogP) is 3.02. The number of aromatic carboxylic acids is 1. The molecule has 1 N–H and O–H groups in total. The van der Waals surface area contributed by atoms with E-state index in [0.29, 0.717) is 10.9 Å². The lowest BCUT2D eigenvalue weighted by Gasteiger charge is -2.11. The molecular weight excluding hydrogens is 282 g/mol. The summed E-state index contributed by atoms with van der Waals surface area (Å²) in [6.07, 6.45) is 1.60. The van der Waals surface area contributed by atoms with Gasteiger partial charge in [-0.05, 0) is 30.3 Å². The predicted molar refractivity (Wildman–Crippen MR) is 73.5 cm³/mol. The maximum absolute atomic E-state index is 11.1. The van der Waals surface area contributed by atoms with Crippen LogP contribution in [0, 0.1) is 0 Å². The number of ether oxygens (including phenoxy) is 2. The lowest BCUT2D eigenvalue weighted by Crippen LogP contribution is -2.05. The second kappa shape index (κ2) is 6.25. The van der Waals surface area contributed by atoms with Crippen LogP contribution in [-0.4, -0.2) is 23.2 Å². The van der Waals surface area contributed by atoms with Gasteiger partial charge in [0.05, 0.1) is 12.7 Å². The van der Waals surface area contributed by atoms with E-state index < -0.39 is 5.97 Å². The number of pyridine rings is 1. The summed E-state index contributed by atoms with van der Waals surface area (Å²) in [7, 11) is 1.51. The Hall–Kier alpha value is -2.27. The van der Waals surface area contributed by atoms with Crippen LogP contribution >= 0.6 is 11.6 Å². The highest BCUT2D eigenvalue weighted by Crippen LogP contribution is 2.25. The van der Waals surface area contributed by atoms with Gasteiger partial charge in [-0.3, -0.25) is 0 Å². The van der Waals surface area contributed by atoms with Crippen LogP contribution in [0.5, 0.6) is 11.6 Å². The van der Waals surface area contributed by atoms with Gasteiger partial charge in [-0.2, -0.15) is 0 Å². The molecule has 6 heteroatoms. The fraction of sp³-hybridized carbons (Fsp3) is 0.143. The number of carbonyl (C=O) groups is 1. The highest BCUT2D eigenvalue weighted by molar-refractivity contribution is 6.31. The summed E-state index contributed by atoms with van der Waals surface area (Å²) in [6.45, 7) is 0.152. The number of rotatable bonds is 5. The monoisotopic (exact) mass is 293 g/mol. The van der Waals surface area contributed by atoms with Gasteiger partial charge in [-0.25, -0.2) is 9.78 Å². The molecule has 0 spiro atoms. The van der Waals surface area contributed by atoms with Crippen LogP contribution in [0.2, 0.25) is 5.02 Å². The average Bonchev–Trinajstić information content (AvgIpc) is 2.46. The third-order valence-corrected chi connectivity index (χ3v) is 2.83. The van der Waals surface area contributed by atoms with Crippen molar-refractivity contribution in [2.75, 3.05) is 7.11 Å². The molecule has 0 aliphatic carbocycles.